The van der Waals surface area contributed by atoms with Gasteiger partial charge in [-0.15, -0.1) is 0 Å². The number of nitrogens with two attached hydrogens (primary N) is 1. The van der Waals surface area contributed by atoms with E-state index in [0.29, 0.717) is 11.3 Å². The molecule has 2 atom stereocenters. The van der Waals surface area contributed by atoms with Crippen LogP contribution in [0.1, 0.15) is 38.2 Å². The summed E-state index contributed by atoms with van der Waals surface area (Å²) in [5.41, 5.74) is 3.77. The number of nitrogen functional groups attached to an aromatic ring is 1. The standard InChI is InChI=1S/C13H23N5S/c1-3-5-9-12(15-8-16-13(9)18-14)17-10-6-4-7-11(10)19-2/h8,10-11H,3-7,14H2,1-2H3,(H2,15,16,17,18). The second kappa shape index (κ2) is 6.96. The lowest BCUT2D eigenvalue weighted by Crippen LogP contribution is -2.27. The summed E-state index contributed by atoms with van der Waals surface area (Å²) >= 11 is 1.94. The van der Waals surface area contributed by atoms with Crippen LogP contribution in [0.15, 0.2) is 6.33 Å². The Morgan fingerprint density at radius 3 is 2.84 bits per heavy atom. The summed E-state index contributed by atoms with van der Waals surface area (Å²) < 4.78 is 0. The van der Waals surface area contributed by atoms with Crippen molar-refractivity contribution in [1.29, 1.82) is 0 Å². The number of hydrogen-bond acceptors (Lipinski definition) is 6. The van der Waals surface area contributed by atoms with E-state index in [2.05, 4.69) is 33.9 Å². The zero-order valence-corrected chi connectivity index (χ0v) is 12.5. The molecule has 1 aliphatic rings. The Balaban J connectivity index is 2.19. The predicted octanol–water partition coefficient (Wildman–Crippen LogP) is 2.41. The lowest BCUT2D eigenvalue weighted by molar-refractivity contribution is 0.757. The Bertz CT molecular complexity index is 412. The topological polar surface area (TPSA) is 75.9 Å². The minimum Gasteiger partial charge on any atom is -0.366 e. The van der Waals surface area contributed by atoms with Gasteiger partial charge < -0.3 is 10.7 Å². The molecule has 19 heavy (non-hydrogen) atoms. The lowest BCUT2D eigenvalue weighted by atomic mass is 10.1. The Morgan fingerprint density at radius 2 is 2.16 bits per heavy atom. The molecule has 0 saturated heterocycles. The van der Waals surface area contributed by atoms with E-state index < -0.39 is 0 Å². The summed E-state index contributed by atoms with van der Waals surface area (Å²) in [7, 11) is 0. The molecule has 106 valence electrons. The van der Waals surface area contributed by atoms with Crippen LogP contribution < -0.4 is 16.6 Å². The average molecular weight is 281 g/mol. The molecule has 2 unspecified atom stereocenters. The van der Waals surface area contributed by atoms with Gasteiger partial charge in [0.25, 0.3) is 0 Å². The normalized spacial score (nSPS) is 22.5. The first-order valence-electron chi connectivity index (χ1n) is 6.90. The van der Waals surface area contributed by atoms with Gasteiger partial charge in [0.05, 0.1) is 0 Å². The van der Waals surface area contributed by atoms with E-state index in [1.165, 1.54) is 19.3 Å². The number of anilines is 2. The van der Waals surface area contributed by atoms with Gasteiger partial charge in [-0.25, -0.2) is 15.8 Å². The van der Waals surface area contributed by atoms with Crippen molar-refractivity contribution in [2.75, 3.05) is 17.0 Å². The van der Waals surface area contributed by atoms with E-state index in [1.54, 1.807) is 6.33 Å². The van der Waals surface area contributed by atoms with Crippen LogP contribution in [0.5, 0.6) is 0 Å². The predicted molar refractivity (Wildman–Crippen MR) is 82.4 cm³/mol. The second-order valence-electron chi connectivity index (χ2n) is 4.90. The van der Waals surface area contributed by atoms with E-state index in [1.807, 2.05) is 11.8 Å². The highest BCUT2D eigenvalue weighted by Gasteiger charge is 2.27. The number of aromatic nitrogens is 2. The molecule has 0 amide bonds. The van der Waals surface area contributed by atoms with Crippen molar-refractivity contribution in [2.24, 2.45) is 5.84 Å². The van der Waals surface area contributed by atoms with Gasteiger partial charge in [-0.3, -0.25) is 0 Å². The van der Waals surface area contributed by atoms with Crippen LogP contribution in [0, 0.1) is 0 Å². The number of hydrazine groups is 1. The van der Waals surface area contributed by atoms with Gasteiger partial charge in [-0.05, 0) is 25.5 Å². The van der Waals surface area contributed by atoms with Crippen molar-refractivity contribution in [3.8, 4) is 0 Å². The summed E-state index contributed by atoms with van der Waals surface area (Å²) in [4.78, 5) is 8.61. The highest BCUT2D eigenvalue weighted by Crippen LogP contribution is 2.32. The van der Waals surface area contributed by atoms with E-state index in [-0.39, 0.29) is 0 Å². The molecule has 0 aromatic carbocycles. The first-order chi connectivity index (χ1) is 9.30. The van der Waals surface area contributed by atoms with Crippen molar-refractivity contribution < 1.29 is 0 Å². The third-order valence-electron chi connectivity index (χ3n) is 3.66. The van der Waals surface area contributed by atoms with Gasteiger partial charge in [0.15, 0.2) is 0 Å². The molecule has 1 aromatic heterocycles. The number of rotatable bonds is 6. The number of nitrogens with one attached hydrogen (secondary N) is 2. The minimum absolute atomic E-state index is 0.506. The zero-order chi connectivity index (χ0) is 13.7. The molecule has 0 aliphatic heterocycles. The van der Waals surface area contributed by atoms with Crippen molar-refractivity contribution in [2.45, 2.75) is 50.3 Å². The summed E-state index contributed by atoms with van der Waals surface area (Å²) in [6, 6.07) is 0.506. The molecule has 4 N–H and O–H groups in total. The Labute approximate surface area is 119 Å². The molecule has 0 radical (unpaired) electrons. The molecule has 1 saturated carbocycles. The fraction of sp³-hybridized carbons (Fsp3) is 0.692. The monoisotopic (exact) mass is 281 g/mol. The van der Waals surface area contributed by atoms with Gasteiger partial charge in [0.2, 0.25) is 0 Å². The van der Waals surface area contributed by atoms with Crippen molar-refractivity contribution in [3.63, 3.8) is 0 Å². The molecule has 6 heteroatoms. The molecule has 1 aromatic rings. The van der Waals surface area contributed by atoms with Crippen LogP contribution >= 0.6 is 11.8 Å². The van der Waals surface area contributed by atoms with Crippen LogP contribution in [0.4, 0.5) is 11.6 Å². The van der Waals surface area contributed by atoms with E-state index >= 15 is 0 Å². The van der Waals surface area contributed by atoms with Crippen LogP contribution in [-0.2, 0) is 6.42 Å². The first kappa shape index (κ1) is 14.4. The zero-order valence-electron chi connectivity index (χ0n) is 11.6. The molecule has 1 fully saturated rings. The maximum absolute atomic E-state index is 5.54. The maximum Gasteiger partial charge on any atom is 0.148 e. The SMILES string of the molecule is CCCc1c(NN)ncnc1NC1CCCC1SC. The van der Waals surface area contributed by atoms with Crippen LogP contribution in [-0.4, -0.2) is 27.5 Å². The lowest BCUT2D eigenvalue weighted by Gasteiger charge is -2.22. The molecule has 0 bridgehead atoms. The highest BCUT2D eigenvalue weighted by molar-refractivity contribution is 7.99. The number of hydrogen-bond donors (Lipinski definition) is 3. The van der Waals surface area contributed by atoms with Gasteiger partial charge in [-0.2, -0.15) is 11.8 Å². The number of thioether (sulfide) groups is 1. The molecule has 1 heterocycles. The Kier molecular flexibility index (Phi) is 5.27. The fourth-order valence-corrected chi connectivity index (χ4v) is 3.63. The summed E-state index contributed by atoms with van der Waals surface area (Å²) in [6.07, 6.45) is 9.53. The molecule has 0 spiro atoms. The maximum atomic E-state index is 5.54. The third-order valence-corrected chi connectivity index (χ3v) is 4.83. The summed E-state index contributed by atoms with van der Waals surface area (Å²) in [5.74, 6) is 7.21. The smallest absolute Gasteiger partial charge is 0.148 e. The van der Waals surface area contributed by atoms with Gasteiger partial charge >= 0.3 is 0 Å². The van der Waals surface area contributed by atoms with Crippen LogP contribution in [0.25, 0.3) is 0 Å². The van der Waals surface area contributed by atoms with E-state index in [0.717, 1.165) is 30.0 Å². The minimum atomic E-state index is 0.506. The second-order valence-corrected chi connectivity index (χ2v) is 5.98. The molecule has 2 rings (SSSR count). The van der Waals surface area contributed by atoms with Crippen LogP contribution in [0.3, 0.4) is 0 Å². The largest absolute Gasteiger partial charge is 0.366 e. The average Bonchev–Trinajstić information content (AvgIpc) is 2.88. The summed E-state index contributed by atoms with van der Waals surface area (Å²) in [5, 5.41) is 4.28. The van der Waals surface area contributed by atoms with Gasteiger partial charge in [-0.1, -0.05) is 19.8 Å². The van der Waals surface area contributed by atoms with Gasteiger partial charge in [0, 0.05) is 16.9 Å². The number of nitrogens with zero attached hydrogens (tertiary/aromatic N) is 2. The quantitative estimate of drug-likeness (QED) is 0.549. The van der Waals surface area contributed by atoms with Crippen molar-refractivity contribution in [3.05, 3.63) is 11.9 Å². The van der Waals surface area contributed by atoms with Crippen molar-refractivity contribution >= 4 is 23.4 Å². The summed E-state index contributed by atoms with van der Waals surface area (Å²) in [6.45, 7) is 2.15. The Hall–Kier alpha value is -1.01. The highest BCUT2D eigenvalue weighted by atomic mass is 32.2. The molecular formula is C13H23N5S. The first-order valence-corrected chi connectivity index (χ1v) is 8.18. The van der Waals surface area contributed by atoms with Gasteiger partial charge in [0.1, 0.15) is 18.0 Å². The molecule has 5 nitrogen and oxygen atoms in total. The van der Waals surface area contributed by atoms with Crippen LogP contribution in [0.2, 0.25) is 0 Å². The van der Waals surface area contributed by atoms with E-state index in [4.69, 9.17) is 5.84 Å². The third kappa shape index (κ3) is 3.30. The van der Waals surface area contributed by atoms with Crippen molar-refractivity contribution in [1.82, 2.24) is 9.97 Å². The Morgan fingerprint density at radius 1 is 1.37 bits per heavy atom. The molecule has 1 aliphatic carbocycles. The fourth-order valence-electron chi connectivity index (χ4n) is 2.70. The van der Waals surface area contributed by atoms with E-state index in [9.17, 15) is 0 Å². The molecular weight excluding hydrogens is 258 g/mol.